The first kappa shape index (κ1) is 10.8. The summed E-state index contributed by atoms with van der Waals surface area (Å²) in [7, 11) is 0. The maximum absolute atomic E-state index is 3.51. The first-order valence-electron chi connectivity index (χ1n) is 5.51. The highest BCUT2D eigenvalue weighted by Crippen LogP contribution is 2.16. The molecule has 1 aromatic rings. The Morgan fingerprint density at radius 1 is 1.40 bits per heavy atom. The number of nitrogens with one attached hydrogen (secondary N) is 1. The molecule has 2 rings (SSSR count). The van der Waals surface area contributed by atoms with Gasteiger partial charge in [-0.25, -0.2) is 0 Å². The number of hydrogen-bond acceptors (Lipinski definition) is 3. The Balaban J connectivity index is 1.97. The van der Waals surface area contributed by atoms with Crippen LogP contribution in [0.3, 0.4) is 0 Å². The van der Waals surface area contributed by atoms with Crippen molar-refractivity contribution < 1.29 is 0 Å². The van der Waals surface area contributed by atoms with Gasteiger partial charge in [0.1, 0.15) is 0 Å². The third kappa shape index (κ3) is 2.89. The molecule has 0 saturated carbocycles. The predicted octanol–water partition coefficient (Wildman–Crippen LogP) is 2.18. The van der Waals surface area contributed by atoms with Crippen LogP contribution in [0.5, 0.6) is 0 Å². The van der Waals surface area contributed by atoms with E-state index in [-0.39, 0.29) is 0 Å². The van der Waals surface area contributed by atoms with Crippen LogP contribution in [-0.4, -0.2) is 30.8 Å². The van der Waals surface area contributed by atoms with Gasteiger partial charge in [-0.05, 0) is 19.1 Å². The summed E-state index contributed by atoms with van der Waals surface area (Å²) >= 11 is 1.99. The Morgan fingerprint density at radius 2 is 2.20 bits per heavy atom. The molecule has 1 aliphatic heterocycles. The van der Waals surface area contributed by atoms with E-state index in [9.17, 15) is 0 Å². The molecule has 1 heterocycles. The minimum atomic E-state index is 0.648. The van der Waals surface area contributed by atoms with E-state index >= 15 is 0 Å². The Morgan fingerprint density at radius 3 is 2.80 bits per heavy atom. The molecule has 0 aliphatic carbocycles. The summed E-state index contributed by atoms with van der Waals surface area (Å²) in [5.41, 5.74) is 1.33. The summed E-state index contributed by atoms with van der Waals surface area (Å²) in [6.07, 6.45) is 0. The number of benzene rings is 1. The summed E-state index contributed by atoms with van der Waals surface area (Å²) in [5, 5.41) is 3.51. The SMILES string of the molecule is CCN(CC1CSCN1)c1ccccc1. The molecule has 0 spiro atoms. The molecular weight excluding hydrogens is 204 g/mol. The van der Waals surface area contributed by atoms with Gasteiger partial charge < -0.3 is 10.2 Å². The van der Waals surface area contributed by atoms with Gasteiger partial charge in [0.2, 0.25) is 0 Å². The quantitative estimate of drug-likeness (QED) is 0.840. The van der Waals surface area contributed by atoms with E-state index in [2.05, 4.69) is 47.5 Å². The van der Waals surface area contributed by atoms with Gasteiger partial charge in [0.25, 0.3) is 0 Å². The molecule has 82 valence electrons. The minimum Gasteiger partial charge on any atom is -0.370 e. The molecular formula is C12H18N2S. The molecule has 3 heteroatoms. The minimum absolute atomic E-state index is 0.648. The van der Waals surface area contributed by atoms with Gasteiger partial charge in [-0.1, -0.05) is 18.2 Å². The van der Waals surface area contributed by atoms with Crippen LogP contribution in [0.2, 0.25) is 0 Å². The standard InChI is InChI=1S/C12H18N2S/c1-2-14(8-11-9-15-10-13-11)12-6-4-3-5-7-12/h3-7,11,13H,2,8-10H2,1H3. The van der Waals surface area contributed by atoms with E-state index in [1.807, 2.05) is 11.8 Å². The molecule has 0 bridgehead atoms. The smallest absolute Gasteiger partial charge is 0.0421 e. The van der Waals surface area contributed by atoms with Crippen molar-refractivity contribution in [3.8, 4) is 0 Å². The molecule has 1 atom stereocenters. The summed E-state index contributed by atoms with van der Waals surface area (Å²) in [6.45, 7) is 4.41. The lowest BCUT2D eigenvalue weighted by Crippen LogP contribution is -2.38. The van der Waals surface area contributed by atoms with Crippen LogP contribution in [0, 0.1) is 0 Å². The molecule has 1 N–H and O–H groups in total. The van der Waals surface area contributed by atoms with E-state index in [0.717, 1.165) is 19.0 Å². The zero-order valence-electron chi connectivity index (χ0n) is 9.15. The number of thioether (sulfide) groups is 1. The monoisotopic (exact) mass is 222 g/mol. The Hall–Kier alpha value is -0.670. The van der Waals surface area contributed by atoms with Crippen molar-refractivity contribution in [1.82, 2.24) is 5.32 Å². The van der Waals surface area contributed by atoms with Crippen molar-refractivity contribution in [3.05, 3.63) is 30.3 Å². The highest BCUT2D eigenvalue weighted by molar-refractivity contribution is 7.99. The van der Waals surface area contributed by atoms with Gasteiger partial charge in [-0.3, -0.25) is 0 Å². The number of nitrogens with zero attached hydrogens (tertiary/aromatic N) is 1. The highest BCUT2D eigenvalue weighted by atomic mass is 32.2. The van der Waals surface area contributed by atoms with Crippen molar-refractivity contribution in [3.63, 3.8) is 0 Å². The van der Waals surface area contributed by atoms with Crippen LogP contribution in [0.15, 0.2) is 30.3 Å². The second-order valence-electron chi connectivity index (χ2n) is 3.79. The van der Waals surface area contributed by atoms with Crippen LogP contribution in [-0.2, 0) is 0 Å². The maximum Gasteiger partial charge on any atom is 0.0421 e. The van der Waals surface area contributed by atoms with Gasteiger partial charge in [-0.15, -0.1) is 11.8 Å². The number of likely N-dealkylation sites (N-methyl/N-ethyl adjacent to an activating group) is 1. The summed E-state index contributed by atoms with van der Waals surface area (Å²) in [5.74, 6) is 2.35. The van der Waals surface area contributed by atoms with E-state index < -0.39 is 0 Å². The number of anilines is 1. The highest BCUT2D eigenvalue weighted by Gasteiger charge is 2.17. The second-order valence-corrected chi connectivity index (χ2v) is 4.82. The van der Waals surface area contributed by atoms with Gasteiger partial charge in [-0.2, -0.15) is 0 Å². The van der Waals surface area contributed by atoms with E-state index in [1.165, 1.54) is 11.4 Å². The van der Waals surface area contributed by atoms with Gasteiger partial charge in [0, 0.05) is 36.4 Å². The number of para-hydroxylation sites is 1. The number of hydrogen-bond donors (Lipinski definition) is 1. The fourth-order valence-corrected chi connectivity index (χ4v) is 2.86. The molecule has 1 saturated heterocycles. The molecule has 1 aliphatic rings. The third-order valence-electron chi connectivity index (χ3n) is 2.74. The van der Waals surface area contributed by atoms with Gasteiger partial charge >= 0.3 is 0 Å². The van der Waals surface area contributed by atoms with Crippen LogP contribution < -0.4 is 10.2 Å². The topological polar surface area (TPSA) is 15.3 Å². The normalized spacial score (nSPS) is 20.5. The van der Waals surface area contributed by atoms with Crippen molar-refractivity contribution in [2.75, 3.05) is 29.6 Å². The molecule has 15 heavy (non-hydrogen) atoms. The van der Waals surface area contributed by atoms with Gasteiger partial charge in [0.05, 0.1) is 0 Å². The first-order valence-corrected chi connectivity index (χ1v) is 6.66. The lowest BCUT2D eigenvalue weighted by Gasteiger charge is -2.26. The lowest BCUT2D eigenvalue weighted by molar-refractivity contribution is 0.610. The third-order valence-corrected chi connectivity index (χ3v) is 3.75. The Kier molecular flexibility index (Phi) is 3.92. The summed E-state index contributed by atoms with van der Waals surface area (Å²) in [4.78, 5) is 2.43. The van der Waals surface area contributed by atoms with Crippen molar-refractivity contribution in [2.24, 2.45) is 0 Å². The largest absolute Gasteiger partial charge is 0.370 e. The van der Waals surface area contributed by atoms with E-state index in [0.29, 0.717) is 6.04 Å². The van der Waals surface area contributed by atoms with Crippen molar-refractivity contribution in [1.29, 1.82) is 0 Å². The molecule has 1 fully saturated rings. The second kappa shape index (κ2) is 5.42. The van der Waals surface area contributed by atoms with Crippen LogP contribution >= 0.6 is 11.8 Å². The van der Waals surface area contributed by atoms with Crippen LogP contribution in [0.1, 0.15) is 6.92 Å². The molecule has 1 aromatic carbocycles. The van der Waals surface area contributed by atoms with E-state index in [1.54, 1.807) is 0 Å². The maximum atomic E-state index is 3.51. The van der Waals surface area contributed by atoms with Gasteiger partial charge in [0.15, 0.2) is 0 Å². The molecule has 0 aromatic heterocycles. The fraction of sp³-hybridized carbons (Fsp3) is 0.500. The van der Waals surface area contributed by atoms with Crippen LogP contribution in [0.4, 0.5) is 5.69 Å². The van der Waals surface area contributed by atoms with Crippen molar-refractivity contribution >= 4 is 17.4 Å². The Labute approximate surface area is 96.0 Å². The summed E-state index contributed by atoms with van der Waals surface area (Å²) < 4.78 is 0. The molecule has 0 amide bonds. The number of rotatable bonds is 4. The lowest BCUT2D eigenvalue weighted by atomic mass is 10.2. The average molecular weight is 222 g/mol. The van der Waals surface area contributed by atoms with E-state index in [4.69, 9.17) is 0 Å². The summed E-state index contributed by atoms with van der Waals surface area (Å²) in [6, 6.07) is 11.3. The first-order chi connectivity index (χ1) is 7.40. The Bertz CT molecular complexity index is 283. The fourth-order valence-electron chi connectivity index (χ4n) is 1.88. The zero-order chi connectivity index (χ0) is 10.5. The molecule has 1 unspecified atom stereocenters. The predicted molar refractivity (Wildman–Crippen MR) is 68.6 cm³/mol. The van der Waals surface area contributed by atoms with Crippen molar-refractivity contribution in [2.45, 2.75) is 13.0 Å². The molecule has 2 nitrogen and oxygen atoms in total. The average Bonchev–Trinajstić information content (AvgIpc) is 2.80. The van der Waals surface area contributed by atoms with Crippen LogP contribution in [0.25, 0.3) is 0 Å². The molecule has 0 radical (unpaired) electrons. The zero-order valence-corrected chi connectivity index (χ0v) is 9.96.